The Morgan fingerprint density at radius 2 is 0.939 bits per heavy atom. The Hall–Kier alpha value is -4.92. The SMILES string of the molecule is Cc1cc(Oc2ccc(-c3ccc(OCCCCC4CO4)cc3)cc2)nc(Oc2ccc(-c3ccc(OCCCCC4CO4)cc3)cc2)n1. The van der Waals surface area contributed by atoms with Crippen molar-refractivity contribution < 1.29 is 28.4 Å². The highest BCUT2D eigenvalue weighted by Crippen LogP contribution is 2.30. The molecule has 2 saturated heterocycles. The van der Waals surface area contributed by atoms with E-state index in [0.29, 0.717) is 29.6 Å². The van der Waals surface area contributed by atoms with Crippen LogP contribution in [0.1, 0.15) is 44.2 Å². The van der Waals surface area contributed by atoms with Crippen molar-refractivity contribution in [3.63, 3.8) is 0 Å². The van der Waals surface area contributed by atoms with Crippen molar-refractivity contribution in [3.05, 3.63) is 109 Å². The fourth-order valence-corrected chi connectivity index (χ4v) is 5.55. The molecule has 0 spiro atoms. The minimum Gasteiger partial charge on any atom is -0.494 e. The molecular weight excluding hydrogens is 616 g/mol. The number of benzene rings is 4. The molecule has 0 radical (unpaired) electrons. The first-order valence-electron chi connectivity index (χ1n) is 17.2. The predicted molar refractivity (Wildman–Crippen MR) is 189 cm³/mol. The van der Waals surface area contributed by atoms with E-state index in [0.717, 1.165) is 104 Å². The minimum atomic E-state index is 0.227. The predicted octanol–water partition coefficient (Wildman–Crippen LogP) is 9.60. The lowest BCUT2D eigenvalue weighted by atomic mass is 10.1. The number of ether oxygens (including phenoxy) is 6. The number of aromatic nitrogens is 2. The Kier molecular flexibility index (Phi) is 10.6. The molecule has 5 aromatic rings. The van der Waals surface area contributed by atoms with Gasteiger partial charge in [0.25, 0.3) is 0 Å². The van der Waals surface area contributed by atoms with Crippen LogP contribution >= 0.6 is 0 Å². The summed E-state index contributed by atoms with van der Waals surface area (Å²) in [6.45, 7) is 5.19. The number of epoxide rings is 2. The van der Waals surface area contributed by atoms with Crippen LogP contribution in [-0.2, 0) is 9.47 Å². The van der Waals surface area contributed by atoms with E-state index < -0.39 is 0 Å². The zero-order chi connectivity index (χ0) is 33.3. The van der Waals surface area contributed by atoms with Crippen molar-refractivity contribution in [2.75, 3.05) is 26.4 Å². The van der Waals surface area contributed by atoms with E-state index in [9.17, 15) is 0 Å². The van der Waals surface area contributed by atoms with Gasteiger partial charge in [0, 0.05) is 11.8 Å². The van der Waals surface area contributed by atoms with Gasteiger partial charge in [0.1, 0.15) is 23.0 Å². The van der Waals surface area contributed by atoms with E-state index in [4.69, 9.17) is 28.4 Å². The maximum atomic E-state index is 6.09. The van der Waals surface area contributed by atoms with Gasteiger partial charge in [-0.25, -0.2) is 0 Å². The topological polar surface area (TPSA) is 87.8 Å². The van der Waals surface area contributed by atoms with Crippen LogP contribution in [0.4, 0.5) is 0 Å². The van der Waals surface area contributed by atoms with Crippen LogP contribution in [0.2, 0.25) is 0 Å². The summed E-state index contributed by atoms with van der Waals surface area (Å²) in [4.78, 5) is 8.96. The monoisotopic (exact) mass is 658 g/mol. The fourth-order valence-electron chi connectivity index (χ4n) is 5.55. The first-order valence-corrected chi connectivity index (χ1v) is 17.2. The van der Waals surface area contributed by atoms with Gasteiger partial charge in [-0.15, -0.1) is 0 Å². The Balaban J connectivity index is 0.890. The van der Waals surface area contributed by atoms with Gasteiger partial charge in [-0.05, 0) is 116 Å². The van der Waals surface area contributed by atoms with Crippen molar-refractivity contribution in [2.24, 2.45) is 0 Å². The van der Waals surface area contributed by atoms with Gasteiger partial charge < -0.3 is 28.4 Å². The highest BCUT2D eigenvalue weighted by atomic mass is 16.6. The van der Waals surface area contributed by atoms with Crippen LogP contribution in [-0.4, -0.2) is 48.6 Å². The molecule has 0 amide bonds. The van der Waals surface area contributed by atoms with Crippen LogP contribution in [0, 0.1) is 6.92 Å². The van der Waals surface area contributed by atoms with Crippen molar-refractivity contribution in [1.82, 2.24) is 9.97 Å². The largest absolute Gasteiger partial charge is 0.494 e. The Bertz CT molecular complexity index is 1640. The average Bonchev–Trinajstić information content (AvgIpc) is 4.06. The lowest BCUT2D eigenvalue weighted by molar-refractivity contribution is 0.299. The summed E-state index contributed by atoms with van der Waals surface area (Å²) < 4.78 is 34.4. The van der Waals surface area contributed by atoms with Crippen LogP contribution in [0.15, 0.2) is 103 Å². The van der Waals surface area contributed by atoms with Crippen LogP contribution in [0.25, 0.3) is 22.3 Å². The molecule has 1 aromatic heterocycles. The molecule has 252 valence electrons. The van der Waals surface area contributed by atoms with Gasteiger partial charge in [-0.3, -0.25) is 0 Å². The van der Waals surface area contributed by atoms with Gasteiger partial charge >= 0.3 is 6.01 Å². The zero-order valence-electron chi connectivity index (χ0n) is 27.9. The Labute approximate surface area is 288 Å². The smallest absolute Gasteiger partial charge is 0.325 e. The number of nitrogens with zero attached hydrogens (tertiary/aromatic N) is 2. The minimum absolute atomic E-state index is 0.227. The molecule has 49 heavy (non-hydrogen) atoms. The summed E-state index contributed by atoms with van der Waals surface area (Å²) in [5.41, 5.74) is 5.12. The molecule has 7 rings (SSSR count). The summed E-state index contributed by atoms with van der Waals surface area (Å²) in [5, 5.41) is 0. The molecule has 0 N–H and O–H groups in total. The van der Waals surface area contributed by atoms with Gasteiger partial charge in [-0.2, -0.15) is 9.97 Å². The quantitative estimate of drug-likeness (QED) is 0.0680. The highest BCUT2D eigenvalue weighted by Gasteiger charge is 2.21. The molecule has 2 fully saturated rings. The third kappa shape index (κ3) is 10.0. The third-order valence-corrected chi connectivity index (χ3v) is 8.51. The van der Waals surface area contributed by atoms with E-state index in [1.807, 2.05) is 79.7 Å². The van der Waals surface area contributed by atoms with Crippen molar-refractivity contribution in [3.8, 4) is 57.1 Å². The second-order valence-corrected chi connectivity index (χ2v) is 12.5. The molecular formula is C41H42N2O6. The number of rotatable bonds is 18. The van der Waals surface area contributed by atoms with Crippen molar-refractivity contribution in [1.29, 1.82) is 0 Å². The fraction of sp³-hybridized carbons (Fsp3) is 0.317. The molecule has 0 saturated carbocycles. The summed E-state index contributed by atoms with van der Waals surface area (Å²) in [7, 11) is 0. The van der Waals surface area contributed by atoms with Crippen LogP contribution in [0.3, 0.4) is 0 Å². The molecule has 2 unspecified atom stereocenters. The summed E-state index contributed by atoms with van der Waals surface area (Å²) in [6.07, 6.45) is 7.60. The highest BCUT2D eigenvalue weighted by molar-refractivity contribution is 5.66. The normalized spacial score (nSPS) is 16.2. The van der Waals surface area contributed by atoms with Gasteiger partial charge in [0.2, 0.25) is 5.88 Å². The summed E-state index contributed by atoms with van der Waals surface area (Å²) in [5.74, 6) is 3.50. The summed E-state index contributed by atoms with van der Waals surface area (Å²) in [6, 6.07) is 34.2. The van der Waals surface area contributed by atoms with E-state index in [1.165, 1.54) is 0 Å². The number of hydrogen-bond donors (Lipinski definition) is 0. The van der Waals surface area contributed by atoms with Gasteiger partial charge in [0.05, 0.1) is 38.6 Å². The van der Waals surface area contributed by atoms with Gasteiger partial charge in [-0.1, -0.05) is 48.5 Å². The molecule has 0 bridgehead atoms. The van der Waals surface area contributed by atoms with E-state index in [1.54, 1.807) is 6.07 Å². The van der Waals surface area contributed by atoms with Crippen molar-refractivity contribution in [2.45, 2.75) is 57.7 Å². The third-order valence-electron chi connectivity index (χ3n) is 8.51. The van der Waals surface area contributed by atoms with E-state index in [2.05, 4.69) is 34.2 Å². The molecule has 2 atom stereocenters. The zero-order valence-corrected chi connectivity index (χ0v) is 27.9. The number of hydrogen-bond acceptors (Lipinski definition) is 8. The molecule has 8 heteroatoms. The van der Waals surface area contributed by atoms with Crippen molar-refractivity contribution >= 4 is 0 Å². The van der Waals surface area contributed by atoms with E-state index in [-0.39, 0.29) is 6.01 Å². The number of aryl methyl sites for hydroxylation is 1. The Morgan fingerprint density at radius 1 is 0.531 bits per heavy atom. The second-order valence-electron chi connectivity index (χ2n) is 12.5. The first-order chi connectivity index (χ1) is 24.1. The maximum absolute atomic E-state index is 6.09. The number of unbranched alkanes of at least 4 members (excludes halogenated alkanes) is 2. The van der Waals surface area contributed by atoms with Gasteiger partial charge in [0.15, 0.2) is 0 Å². The molecule has 0 aliphatic carbocycles. The Morgan fingerprint density at radius 3 is 1.37 bits per heavy atom. The molecule has 8 nitrogen and oxygen atoms in total. The molecule has 2 aliphatic heterocycles. The lowest BCUT2D eigenvalue weighted by Gasteiger charge is -2.10. The van der Waals surface area contributed by atoms with Crippen LogP contribution < -0.4 is 18.9 Å². The molecule has 4 aromatic carbocycles. The standard InChI is InChI=1S/C41H42N2O6/c1-29-26-40(48-36-20-12-32(13-21-36)30-8-16-34(17-9-30)44-24-4-2-6-38-27-46-38)43-41(42-29)49-37-22-14-33(15-23-37)31-10-18-35(19-11-31)45-25-5-3-7-39-28-47-39/h8-23,26,38-39H,2-7,24-25,27-28H2,1H3. The van der Waals surface area contributed by atoms with Crippen LogP contribution in [0.5, 0.6) is 34.9 Å². The summed E-state index contributed by atoms with van der Waals surface area (Å²) >= 11 is 0. The van der Waals surface area contributed by atoms with E-state index >= 15 is 0 Å². The average molecular weight is 659 g/mol. The first kappa shape index (κ1) is 32.6. The molecule has 3 heterocycles. The lowest BCUT2D eigenvalue weighted by Crippen LogP contribution is -1.98. The molecule has 2 aliphatic rings. The maximum Gasteiger partial charge on any atom is 0.325 e. The second kappa shape index (κ2) is 16.0.